The van der Waals surface area contributed by atoms with Gasteiger partial charge in [0.05, 0.1) is 0 Å². The van der Waals surface area contributed by atoms with Crippen LogP contribution in [0.3, 0.4) is 0 Å². The van der Waals surface area contributed by atoms with Gasteiger partial charge >= 0.3 is 5.97 Å². The molecule has 0 saturated heterocycles. The van der Waals surface area contributed by atoms with Crippen molar-refractivity contribution in [3.05, 3.63) is 59.7 Å². The highest BCUT2D eigenvalue weighted by atomic mass is 35.5. The second kappa shape index (κ2) is 8.88. The Kier molecular flexibility index (Phi) is 7.19. The van der Waals surface area contributed by atoms with Crippen LogP contribution in [-0.4, -0.2) is 28.2 Å². The molecule has 0 saturated carbocycles. The van der Waals surface area contributed by atoms with E-state index in [0.717, 1.165) is 5.56 Å². The normalized spacial score (nSPS) is 11.1. The van der Waals surface area contributed by atoms with Crippen LogP contribution >= 0.6 is 12.4 Å². The van der Waals surface area contributed by atoms with Crippen LogP contribution in [0.4, 0.5) is 0 Å². The largest absolute Gasteiger partial charge is 0.480 e. The molecule has 2 aromatic rings. The summed E-state index contributed by atoms with van der Waals surface area (Å²) >= 11 is 0. The number of carbonyl (C=O) groups excluding carboxylic acids is 1. The molecule has 1 unspecified atom stereocenters. The number of nitrogens with one attached hydrogen (secondary N) is 1. The maximum atomic E-state index is 11.2. The SMILES string of the molecule is Cl.NC(Cc1ccc(Oc2ccc(C(=O)NO)cc2)cc1)C(=O)O. The minimum absolute atomic E-state index is 0. The molecule has 7 nitrogen and oxygen atoms in total. The summed E-state index contributed by atoms with van der Waals surface area (Å²) < 4.78 is 5.61. The number of carboxylic acid groups (broad SMARTS) is 1. The standard InChI is InChI=1S/C16H16N2O5.ClH/c17-14(16(20)21)9-10-1-5-12(6-2-10)23-13-7-3-11(4-8-13)15(19)18-22;/h1-8,14,22H,9,17H2,(H,18,19)(H,20,21);1H. The summed E-state index contributed by atoms with van der Waals surface area (Å²) in [6.07, 6.45) is 0.237. The molecule has 0 fully saturated rings. The molecule has 0 aliphatic heterocycles. The number of hydroxylamine groups is 1. The number of amides is 1. The van der Waals surface area contributed by atoms with E-state index in [1.165, 1.54) is 12.1 Å². The Balaban J connectivity index is 0.00000288. The third-order valence-corrected chi connectivity index (χ3v) is 3.15. The number of carbonyl (C=O) groups is 2. The van der Waals surface area contributed by atoms with Crippen LogP contribution in [0.1, 0.15) is 15.9 Å². The number of hydrogen-bond donors (Lipinski definition) is 4. The van der Waals surface area contributed by atoms with E-state index in [1.54, 1.807) is 41.9 Å². The quantitative estimate of drug-likeness (QED) is 0.466. The first-order chi connectivity index (χ1) is 11.0. The Hall–Kier alpha value is -2.61. The average molecular weight is 353 g/mol. The molecule has 5 N–H and O–H groups in total. The van der Waals surface area contributed by atoms with E-state index >= 15 is 0 Å². The van der Waals surface area contributed by atoms with E-state index in [9.17, 15) is 9.59 Å². The van der Waals surface area contributed by atoms with Gasteiger partial charge in [-0.15, -0.1) is 12.4 Å². The molecule has 8 heteroatoms. The second-order valence-corrected chi connectivity index (χ2v) is 4.86. The summed E-state index contributed by atoms with van der Waals surface area (Å²) in [5.41, 5.74) is 8.12. The summed E-state index contributed by atoms with van der Waals surface area (Å²) in [5.74, 6) is -0.556. The van der Waals surface area contributed by atoms with Gasteiger partial charge in [-0.2, -0.15) is 0 Å². The third kappa shape index (κ3) is 5.24. The Morgan fingerprint density at radius 3 is 2.00 bits per heavy atom. The first kappa shape index (κ1) is 19.4. The highest BCUT2D eigenvalue weighted by Crippen LogP contribution is 2.22. The van der Waals surface area contributed by atoms with E-state index in [2.05, 4.69) is 0 Å². The fourth-order valence-corrected chi connectivity index (χ4v) is 1.91. The van der Waals surface area contributed by atoms with Crippen LogP contribution in [0.15, 0.2) is 48.5 Å². The number of hydrogen-bond acceptors (Lipinski definition) is 5. The van der Waals surface area contributed by atoms with E-state index in [-0.39, 0.29) is 18.8 Å². The zero-order valence-electron chi connectivity index (χ0n) is 12.5. The zero-order valence-corrected chi connectivity index (χ0v) is 13.3. The maximum Gasteiger partial charge on any atom is 0.320 e. The van der Waals surface area contributed by atoms with Crippen LogP contribution in [0.2, 0.25) is 0 Å². The van der Waals surface area contributed by atoms with Crippen LogP contribution in [0, 0.1) is 0 Å². The van der Waals surface area contributed by atoms with Crippen molar-refractivity contribution >= 4 is 24.3 Å². The van der Waals surface area contributed by atoms with Gasteiger partial charge in [0.15, 0.2) is 0 Å². The molecule has 128 valence electrons. The predicted octanol–water partition coefficient (Wildman–Crippen LogP) is 1.97. The molecular weight excluding hydrogens is 336 g/mol. The molecule has 1 amide bonds. The van der Waals surface area contributed by atoms with Gasteiger partial charge in [-0.3, -0.25) is 14.8 Å². The van der Waals surface area contributed by atoms with Gasteiger partial charge in [-0.1, -0.05) is 12.1 Å². The van der Waals surface area contributed by atoms with Crippen molar-refractivity contribution < 1.29 is 24.6 Å². The number of nitrogens with two attached hydrogens (primary N) is 1. The molecule has 2 aromatic carbocycles. The second-order valence-electron chi connectivity index (χ2n) is 4.86. The first-order valence-corrected chi connectivity index (χ1v) is 6.79. The van der Waals surface area contributed by atoms with Crippen molar-refractivity contribution in [1.29, 1.82) is 0 Å². The Morgan fingerprint density at radius 1 is 1.04 bits per heavy atom. The summed E-state index contributed by atoms with van der Waals surface area (Å²) in [5, 5.41) is 17.3. The smallest absolute Gasteiger partial charge is 0.320 e. The Morgan fingerprint density at radius 2 is 1.54 bits per heavy atom. The zero-order chi connectivity index (χ0) is 16.8. The number of carboxylic acids is 1. The molecule has 0 aliphatic carbocycles. The monoisotopic (exact) mass is 352 g/mol. The minimum atomic E-state index is -1.04. The topological polar surface area (TPSA) is 122 Å². The number of aliphatic carboxylic acids is 1. The lowest BCUT2D eigenvalue weighted by molar-refractivity contribution is -0.138. The minimum Gasteiger partial charge on any atom is -0.480 e. The Bertz CT molecular complexity index is 689. The summed E-state index contributed by atoms with van der Waals surface area (Å²) in [4.78, 5) is 21.9. The number of rotatable bonds is 6. The van der Waals surface area contributed by atoms with Crippen molar-refractivity contribution in [3.63, 3.8) is 0 Å². The van der Waals surface area contributed by atoms with Crippen molar-refractivity contribution in [2.75, 3.05) is 0 Å². The predicted molar refractivity (Wildman–Crippen MR) is 88.8 cm³/mol. The van der Waals surface area contributed by atoms with E-state index < -0.39 is 17.9 Å². The van der Waals surface area contributed by atoms with Gasteiger partial charge in [-0.05, 0) is 48.4 Å². The van der Waals surface area contributed by atoms with E-state index in [0.29, 0.717) is 17.1 Å². The highest BCUT2D eigenvalue weighted by molar-refractivity contribution is 5.93. The summed E-state index contributed by atoms with van der Waals surface area (Å²) in [7, 11) is 0. The molecule has 0 heterocycles. The van der Waals surface area contributed by atoms with Gasteiger partial charge in [0.25, 0.3) is 5.91 Å². The molecule has 0 aliphatic rings. The number of benzene rings is 2. The van der Waals surface area contributed by atoms with Crippen molar-refractivity contribution in [2.45, 2.75) is 12.5 Å². The fourth-order valence-electron chi connectivity index (χ4n) is 1.91. The summed E-state index contributed by atoms with van der Waals surface area (Å²) in [6, 6.07) is 12.2. The number of ether oxygens (including phenoxy) is 1. The molecule has 0 bridgehead atoms. The van der Waals surface area contributed by atoms with Crippen molar-refractivity contribution in [2.24, 2.45) is 5.73 Å². The lowest BCUT2D eigenvalue weighted by Crippen LogP contribution is -2.32. The molecule has 1 atom stereocenters. The first-order valence-electron chi connectivity index (χ1n) is 6.79. The van der Waals surface area contributed by atoms with Crippen LogP contribution in [0.25, 0.3) is 0 Å². The van der Waals surface area contributed by atoms with Crippen LogP contribution in [-0.2, 0) is 11.2 Å². The lowest BCUT2D eigenvalue weighted by Gasteiger charge is -2.09. The summed E-state index contributed by atoms with van der Waals surface area (Å²) in [6.45, 7) is 0. The van der Waals surface area contributed by atoms with Gasteiger partial charge in [0.1, 0.15) is 17.5 Å². The third-order valence-electron chi connectivity index (χ3n) is 3.15. The Labute approximate surface area is 144 Å². The van der Waals surface area contributed by atoms with Gasteiger partial charge in [0, 0.05) is 5.56 Å². The molecule has 2 rings (SSSR count). The van der Waals surface area contributed by atoms with Gasteiger partial charge in [0.2, 0.25) is 0 Å². The van der Waals surface area contributed by atoms with Crippen LogP contribution in [0.5, 0.6) is 11.5 Å². The van der Waals surface area contributed by atoms with Crippen LogP contribution < -0.4 is 16.0 Å². The van der Waals surface area contributed by atoms with E-state index in [4.69, 9.17) is 20.8 Å². The maximum absolute atomic E-state index is 11.2. The highest BCUT2D eigenvalue weighted by Gasteiger charge is 2.12. The van der Waals surface area contributed by atoms with Gasteiger partial charge < -0.3 is 15.6 Å². The van der Waals surface area contributed by atoms with Gasteiger partial charge in [-0.25, -0.2) is 5.48 Å². The average Bonchev–Trinajstić information content (AvgIpc) is 2.56. The fraction of sp³-hybridized carbons (Fsp3) is 0.125. The molecule has 0 radical (unpaired) electrons. The molecule has 24 heavy (non-hydrogen) atoms. The van der Waals surface area contributed by atoms with E-state index in [1.807, 2.05) is 0 Å². The molecule has 0 spiro atoms. The lowest BCUT2D eigenvalue weighted by atomic mass is 10.1. The van der Waals surface area contributed by atoms with Crippen molar-refractivity contribution in [3.8, 4) is 11.5 Å². The van der Waals surface area contributed by atoms with Crippen molar-refractivity contribution in [1.82, 2.24) is 5.48 Å². The molecular formula is C16H17ClN2O5. The number of halogens is 1. The molecule has 0 aromatic heterocycles.